The summed E-state index contributed by atoms with van der Waals surface area (Å²) in [5, 5.41) is 8.11. The van der Waals surface area contributed by atoms with Crippen LogP contribution >= 0.6 is 11.3 Å². The number of hydrogen-bond acceptors (Lipinski definition) is 8. The Labute approximate surface area is 266 Å². The fourth-order valence-electron chi connectivity index (χ4n) is 5.99. The number of anilines is 1. The molecule has 0 unspecified atom stereocenters. The maximum absolute atomic E-state index is 14.0. The number of amides is 2. The maximum Gasteiger partial charge on any atom is 0.357 e. The molecule has 4 aromatic rings. The molecule has 2 aromatic heterocycles. The average Bonchev–Trinajstić information content (AvgIpc) is 3.27. The number of benzene rings is 2. The largest absolute Gasteiger partial charge is 0.493 e. The second-order valence-corrected chi connectivity index (χ2v) is 12.3. The van der Waals surface area contributed by atoms with E-state index < -0.39 is 5.97 Å². The van der Waals surface area contributed by atoms with Crippen LogP contribution in [0, 0.1) is 0 Å². The van der Waals surface area contributed by atoms with Gasteiger partial charge in [0.15, 0.2) is 5.69 Å². The Morgan fingerprint density at radius 3 is 2.47 bits per heavy atom. The molecule has 4 N–H and O–H groups in total. The molecule has 1 saturated carbocycles. The van der Waals surface area contributed by atoms with Gasteiger partial charge in [0.1, 0.15) is 11.4 Å². The van der Waals surface area contributed by atoms with Gasteiger partial charge in [0.25, 0.3) is 11.8 Å². The lowest BCUT2D eigenvalue weighted by Gasteiger charge is -2.18. The summed E-state index contributed by atoms with van der Waals surface area (Å²) in [6.07, 6.45) is 7.04. The minimum Gasteiger partial charge on any atom is -0.493 e. The highest BCUT2D eigenvalue weighted by molar-refractivity contribution is 7.13. The van der Waals surface area contributed by atoms with Crippen molar-refractivity contribution in [2.75, 3.05) is 19.0 Å². The summed E-state index contributed by atoms with van der Waals surface area (Å²) in [7, 11) is 1.27. The number of ether oxygens (including phenoxy) is 2. The summed E-state index contributed by atoms with van der Waals surface area (Å²) < 4.78 is 11.3. The fraction of sp³-hybridized carbons (Fsp3) is 0.314. The lowest BCUT2D eigenvalue weighted by molar-refractivity contribution is 0.0594. The van der Waals surface area contributed by atoms with Crippen LogP contribution < -0.4 is 21.1 Å². The molecule has 0 atom stereocenters. The summed E-state index contributed by atoms with van der Waals surface area (Å²) in [5.74, 6) is -0.829. The maximum atomic E-state index is 14.0. The average molecular weight is 625 g/mol. The summed E-state index contributed by atoms with van der Waals surface area (Å²) >= 11 is 1.59. The van der Waals surface area contributed by atoms with Crippen molar-refractivity contribution in [2.24, 2.45) is 5.73 Å². The van der Waals surface area contributed by atoms with Gasteiger partial charge in [0, 0.05) is 51.8 Å². The first kappa shape index (κ1) is 30.5. The molecule has 2 amide bonds. The molecule has 0 saturated heterocycles. The zero-order valence-corrected chi connectivity index (χ0v) is 26.0. The molecule has 0 spiro atoms. The van der Waals surface area contributed by atoms with Crippen LogP contribution in [0.5, 0.6) is 5.75 Å². The molecule has 10 heteroatoms. The van der Waals surface area contributed by atoms with E-state index in [2.05, 4.69) is 21.7 Å². The minimum absolute atomic E-state index is 0.0576. The van der Waals surface area contributed by atoms with Gasteiger partial charge in [-0.15, -0.1) is 11.3 Å². The number of carbonyl (C=O) groups is 3. The highest BCUT2D eigenvalue weighted by atomic mass is 32.1. The van der Waals surface area contributed by atoms with Crippen LogP contribution in [0.4, 0.5) is 5.69 Å². The number of nitrogens with one attached hydrogen (secondary N) is 2. The molecule has 6 rings (SSSR count). The van der Waals surface area contributed by atoms with Crippen LogP contribution in [0.3, 0.4) is 0 Å². The van der Waals surface area contributed by atoms with Crippen molar-refractivity contribution in [2.45, 2.75) is 57.5 Å². The van der Waals surface area contributed by atoms with Gasteiger partial charge >= 0.3 is 5.97 Å². The van der Waals surface area contributed by atoms with Crippen LogP contribution in [0.1, 0.15) is 81.0 Å². The Bertz CT molecular complexity index is 1720. The standard InChI is InChI=1S/C35H36N4O5S/c1-43-35(42)31-25(12-13-29(39-31)34(41)38-23-6-4-2-3-5-7-23)26-19-30-28(32-22(14-16-44-30)15-17-45-32)18-27(26)33(40)37-24-10-8-21(20-36)9-11-24/h8-13,15,17-19,23H,2-7,14,16,20,36H2,1H3,(H,37,40)(H,38,41). The van der Waals surface area contributed by atoms with E-state index in [-0.39, 0.29) is 29.2 Å². The third-order valence-corrected chi connectivity index (χ3v) is 9.41. The van der Waals surface area contributed by atoms with Crippen molar-refractivity contribution in [3.63, 3.8) is 0 Å². The predicted octanol–water partition coefficient (Wildman–Crippen LogP) is 6.36. The Kier molecular flexibility index (Phi) is 9.23. The molecule has 1 aliphatic carbocycles. The van der Waals surface area contributed by atoms with E-state index in [1.54, 1.807) is 41.7 Å². The van der Waals surface area contributed by atoms with Gasteiger partial charge < -0.3 is 25.8 Å². The van der Waals surface area contributed by atoms with Crippen molar-refractivity contribution < 1.29 is 23.9 Å². The second-order valence-electron chi connectivity index (χ2n) is 11.4. The van der Waals surface area contributed by atoms with Crippen LogP contribution in [-0.4, -0.2) is 42.5 Å². The van der Waals surface area contributed by atoms with E-state index in [0.29, 0.717) is 41.3 Å². The van der Waals surface area contributed by atoms with E-state index in [1.807, 2.05) is 23.6 Å². The molecule has 2 aliphatic rings. The smallest absolute Gasteiger partial charge is 0.357 e. The fourth-order valence-corrected chi connectivity index (χ4v) is 6.96. The van der Waals surface area contributed by atoms with Crippen molar-refractivity contribution in [3.05, 3.63) is 88.1 Å². The molecule has 0 bridgehead atoms. The number of nitrogens with zero attached hydrogens (tertiary/aromatic N) is 1. The van der Waals surface area contributed by atoms with Crippen molar-refractivity contribution in [1.82, 2.24) is 10.3 Å². The number of esters is 1. The van der Waals surface area contributed by atoms with Crippen LogP contribution in [-0.2, 0) is 17.7 Å². The molecule has 9 nitrogen and oxygen atoms in total. The lowest BCUT2D eigenvalue weighted by Crippen LogP contribution is -2.35. The predicted molar refractivity (Wildman–Crippen MR) is 175 cm³/mol. The number of aromatic nitrogens is 1. The lowest BCUT2D eigenvalue weighted by atomic mass is 9.93. The van der Waals surface area contributed by atoms with Gasteiger partial charge in [0.05, 0.1) is 13.7 Å². The van der Waals surface area contributed by atoms with Crippen molar-refractivity contribution >= 4 is 34.8 Å². The molecule has 232 valence electrons. The van der Waals surface area contributed by atoms with Gasteiger partial charge in [-0.1, -0.05) is 37.8 Å². The molecule has 45 heavy (non-hydrogen) atoms. The van der Waals surface area contributed by atoms with Gasteiger partial charge in [-0.25, -0.2) is 9.78 Å². The van der Waals surface area contributed by atoms with Crippen molar-refractivity contribution in [3.8, 4) is 27.3 Å². The first-order valence-electron chi connectivity index (χ1n) is 15.3. The summed E-state index contributed by atoms with van der Waals surface area (Å²) in [5.41, 5.74) is 10.4. The molecule has 0 radical (unpaired) electrons. The minimum atomic E-state index is -0.714. The topological polar surface area (TPSA) is 133 Å². The number of rotatable bonds is 7. The van der Waals surface area contributed by atoms with E-state index >= 15 is 0 Å². The SMILES string of the molecule is COC(=O)c1nc(C(=O)NC2CCCCCC2)ccc1-c1cc2c(cc1C(=O)Nc1ccc(CN)cc1)-c1sccc1CCO2. The number of nitrogens with two attached hydrogens (primary N) is 1. The number of carbonyl (C=O) groups excluding carboxylic acids is 3. The Morgan fingerprint density at radius 1 is 0.956 bits per heavy atom. The Hall–Kier alpha value is -4.54. The number of methoxy groups -OCH3 is 1. The second kappa shape index (κ2) is 13.6. The molecule has 1 fully saturated rings. The quantitative estimate of drug-likeness (QED) is 0.161. The van der Waals surface area contributed by atoms with Crippen molar-refractivity contribution in [1.29, 1.82) is 0 Å². The summed E-state index contributed by atoms with van der Waals surface area (Å²) in [6.45, 7) is 0.863. The first-order chi connectivity index (χ1) is 21.9. The van der Waals surface area contributed by atoms with Crippen LogP contribution in [0.2, 0.25) is 0 Å². The third kappa shape index (κ3) is 6.62. The Balaban J connectivity index is 1.43. The van der Waals surface area contributed by atoms with Crippen LogP contribution in [0.15, 0.2) is 60.0 Å². The number of hydrogen-bond donors (Lipinski definition) is 3. The monoisotopic (exact) mass is 624 g/mol. The Morgan fingerprint density at radius 2 is 1.73 bits per heavy atom. The number of thiophene rings is 1. The van der Waals surface area contributed by atoms with Gasteiger partial charge in [-0.3, -0.25) is 9.59 Å². The van der Waals surface area contributed by atoms with Gasteiger partial charge in [-0.2, -0.15) is 0 Å². The highest BCUT2D eigenvalue weighted by Gasteiger charge is 2.27. The highest BCUT2D eigenvalue weighted by Crippen LogP contribution is 2.43. The number of pyridine rings is 1. The molecular weight excluding hydrogens is 588 g/mol. The zero-order valence-electron chi connectivity index (χ0n) is 25.2. The third-order valence-electron chi connectivity index (χ3n) is 8.42. The summed E-state index contributed by atoms with van der Waals surface area (Å²) in [4.78, 5) is 46.0. The number of fused-ring (bicyclic) bond motifs is 3. The first-order valence-corrected chi connectivity index (χ1v) is 16.2. The zero-order chi connectivity index (χ0) is 31.3. The van der Waals surface area contributed by atoms with Gasteiger partial charge in [0.2, 0.25) is 0 Å². The normalized spacial score (nSPS) is 14.6. The van der Waals surface area contributed by atoms with E-state index in [0.717, 1.165) is 53.7 Å². The van der Waals surface area contributed by atoms with E-state index in [4.69, 9.17) is 15.2 Å². The van der Waals surface area contributed by atoms with Gasteiger partial charge in [-0.05, 0) is 71.8 Å². The van der Waals surface area contributed by atoms with Crippen LogP contribution in [0.25, 0.3) is 21.6 Å². The molecule has 3 heterocycles. The molecular formula is C35H36N4O5S. The van der Waals surface area contributed by atoms with E-state index in [9.17, 15) is 14.4 Å². The van der Waals surface area contributed by atoms with E-state index in [1.165, 1.54) is 20.0 Å². The molecule has 2 aromatic carbocycles. The molecule has 1 aliphatic heterocycles. The summed E-state index contributed by atoms with van der Waals surface area (Å²) in [6, 6.07) is 16.3.